The van der Waals surface area contributed by atoms with Crippen molar-refractivity contribution in [1.29, 1.82) is 0 Å². The summed E-state index contributed by atoms with van der Waals surface area (Å²) in [4.78, 5) is 0. The number of hydrogen-bond donors (Lipinski definition) is 2. The molecular weight excluding hydrogens is 186 g/mol. The van der Waals surface area contributed by atoms with Gasteiger partial charge < -0.3 is 10.4 Å². The summed E-state index contributed by atoms with van der Waals surface area (Å²) in [6, 6.07) is 8.57. The molecule has 0 bridgehead atoms. The molecule has 0 spiro atoms. The Morgan fingerprint density at radius 3 is 2.73 bits per heavy atom. The number of rotatable bonds is 6. The van der Waals surface area contributed by atoms with Gasteiger partial charge >= 0.3 is 0 Å². The highest BCUT2D eigenvalue weighted by Crippen LogP contribution is 2.23. The lowest BCUT2D eigenvalue weighted by Gasteiger charge is -2.16. The van der Waals surface area contributed by atoms with E-state index in [0.717, 1.165) is 19.4 Å². The van der Waals surface area contributed by atoms with Crippen LogP contribution in [0.1, 0.15) is 29.9 Å². The van der Waals surface area contributed by atoms with Crippen LogP contribution in [-0.2, 0) is 0 Å². The van der Waals surface area contributed by atoms with Crippen LogP contribution in [-0.4, -0.2) is 25.3 Å². The van der Waals surface area contributed by atoms with Gasteiger partial charge in [-0.1, -0.05) is 29.8 Å². The lowest BCUT2D eigenvalue weighted by Crippen LogP contribution is -2.13. The smallest absolute Gasteiger partial charge is 0.0436 e. The SMILES string of the molecule is CNCC[C@@H](CCO)c1cccc(C)c1. The first-order valence-corrected chi connectivity index (χ1v) is 5.60. The Kier molecular flexibility index (Phi) is 5.37. The van der Waals surface area contributed by atoms with Gasteiger partial charge in [0.1, 0.15) is 0 Å². The van der Waals surface area contributed by atoms with E-state index in [9.17, 15) is 0 Å². The van der Waals surface area contributed by atoms with E-state index in [1.807, 2.05) is 7.05 Å². The fraction of sp³-hybridized carbons (Fsp3) is 0.538. The molecule has 0 aliphatic heterocycles. The topological polar surface area (TPSA) is 32.3 Å². The highest BCUT2D eigenvalue weighted by molar-refractivity contribution is 5.25. The van der Waals surface area contributed by atoms with Crippen LogP contribution >= 0.6 is 0 Å². The Bertz CT molecular complexity index is 286. The molecule has 15 heavy (non-hydrogen) atoms. The summed E-state index contributed by atoms with van der Waals surface area (Å²) in [5, 5.41) is 12.2. The molecule has 1 aromatic carbocycles. The van der Waals surface area contributed by atoms with Crippen LogP contribution in [0.3, 0.4) is 0 Å². The molecule has 0 aliphatic carbocycles. The van der Waals surface area contributed by atoms with Crippen molar-refractivity contribution < 1.29 is 5.11 Å². The summed E-state index contributed by atoms with van der Waals surface area (Å²) in [7, 11) is 1.96. The molecule has 1 rings (SSSR count). The maximum Gasteiger partial charge on any atom is 0.0436 e. The molecule has 0 amide bonds. The van der Waals surface area contributed by atoms with Crippen molar-refractivity contribution in [2.24, 2.45) is 0 Å². The fourth-order valence-electron chi connectivity index (χ4n) is 1.88. The second-order valence-electron chi connectivity index (χ2n) is 4.02. The van der Waals surface area contributed by atoms with Crippen molar-refractivity contribution >= 4 is 0 Å². The van der Waals surface area contributed by atoms with Gasteiger partial charge in [0.15, 0.2) is 0 Å². The van der Waals surface area contributed by atoms with E-state index in [2.05, 4.69) is 36.5 Å². The predicted molar refractivity (Wildman–Crippen MR) is 64.2 cm³/mol. The van der Waals surface area contributed by atoms with Crippen LogP contribution in [0.25, 0.3) is 0 Å². The molecule has 2 nitrogen and oxygen atoms in total. The van der Waals surface area contributed by atoms with E-state index in [4.69, 9.17) is 5.11 Å². The third-order valence-electron chi connectivity index (χ3n) is 2.73. The van der Waals surface area contributed by atoms with Gasteiger partial charge in [-0.3, -0.25) is 0 Å². The molecule has 1 atom stereocenters. The minimum Gasteiger partial charge on any atom is -0.396 e. The first-order valence-electron chi connectivity index (χ1n) is 5.60. The number of hydrogen-bond acceptors (Lipinski definition) is 2. The molecule has 0 saturated carbocycles. The highest BCUT2D eigenvalue weighted by atomic mass is 16.3. The van der Waals surface area contributed by atoms with E-state index in [1.54, 1.807) is 0 Å². The van der Waals surface area contributed by atoms with Gasteiger partial charge in [0.2, 0.25) is 0 Å². The minimum absolute atomic E-state index is 0.266. The van der Waals surface area contributed by atoms with Crippen LogP contribution in [0.5, 0.6) is 0 Å². The van der Waals surface area contributed by atoms with Crippen LogP contribution in [0, 0.1) is 6.92 Å². The summed E-state index contributed by atoms with van der Waals surface area (Å²) in [5.41, 5.74) is 2.64. The summed E-state index contributed by atoms with van der Waals surface area (Å²) >= 11 is 0. The van der Waals surface area contributed by atoms with Crippen molar-refractivity contribution in [3.05, 3.63) is 35.4 Å². The predicted octanol–water partition coefficient (Wildman–Crippen LogP) is 2.07. The second-order valence-corrected chi connectivity index (χ2v) is 4.02. The van der Waals surface area contributed by atoms with E-state index >= 15 is 0 Å². The monoisotopic (exact) mass is 207 g/mol. The maximum absolute atomic E-state index is 9.05. The van der Waals surface area contributed by atoms with E-state index < -0.39 is 0 Å². The van der Waals surface area contributed by atoms with Gasteiger partial charge in [0.05, 0.1) is 0 Å². The average molecular weight is 207 g/mol. The Morgan fingerprint density at radius 2 is 2.13 bits per heavy atom. The van der Waals surface area contributed by atoms with E-state index in [1.165, 1.54) is 11.1 Å². The summed E-state index contributed by atoms with van der Waals surface area (Å²) in [6.07, 6.45) is 1.94. The normalized spacial score (nSPS) is 12.7. The van der Waals surface area contributed by atoms with Crippen molar-refractivity contribution in [2.45, 2.75) is 25.7 Å². The standard InChI is InChI=1S/C13H21NO/c1-11-4-3-5-13(10-11)12(7-9-15)6-8-14-2/h3-5,10,12,14-15H,6-9H2,1-2H3/t12-/m0/s1. The maximum atomic E-state index is 9.05. The van der Waals surface area contributed by atoms with E-state index in [0.29, 0.717) is 5.92 Å². The number of aliphatic hydroxyl groups excluding tert-OH is 1. The Balaban J connectivity index is 2.69. The zero-order valence-corrected chi connectivity index (χ0v) is 9.66. The molecule has 0 heterocycles. The molecular formula is C13H21NO. The zero-order chi connectivity index (χ0) is 11.1. The Morgan fingerprint density at radius 1 is 1.33 bits per heavy atom. The largest absolute Gasteiger partial charge is 0.396 e. The van der Waals surface area contributed by atoms with Gasteiger partial charge in [0.25, 0.3) is 0 Å². The minimum atomic E-state index is 0.266. The summed E-state index contributed by atoms with van der Waals surface area (Å²) in [5.74, 6) is 0.474. The molecule has 0 saturated heterocycles. The van der Waals surface area contributed by atoms with Crippen molar-refractivity contribution in [1.82, 2.24) is 5.32 Å². The molecule has 84 valence electrons. The third-order valence-corrected chi connectivity index (χ3v) is 2.73. The number of aryl methyl sites for hydroxylation is 1. The van der Waals surface area contributed by atoms with Gasteiger partial charge in [-0.2, -0.15) is 0 Å². The molecule has 0 radical (unpaired) electrons. The van der Waals surface area contributed by atoms with Crippen molar-refractivity contribution in [2.75, 3.05) is 20.2 Å². The molecule has 2 heteroatoms. The average Bonchev–Trinajstić information content (AvgIpc) is 2.24. The first kappa shape index (κ1) is 12.2. The second kappa shape index (κ2) is 6.59. The van der Waals surface area contributed by atoms with E-state index in [-0.39, 0.29) is 6.61 Å². The highest BCUT2D eigenvalue weighted by Gasteiger charge is 2.10. The molecule has 0 unspecified atom stereocenters. The summed E-state index contributed by atoms with van der Waals surface area (Å²) in [6.45, 7) is 3.37. The Labute approximate surface area is 92.3 Å². The van der Waals surface area contributed by atoms with Crippen LogP contribution < -0.4 is 5.32 Å². The third kappa shape index (κ3) is 4.02. The lowest BCUT2D eigenvalue weighted by molar-refractivity contribution is 0.272. The fourth-order valence-corrected chi connectivity index (χ4v) is 1.88. The van der Waals surface area contributed by atoms with Crippen LogP contribution in [0.2, 0.25) is 0 Å². The molecule has 1 aromatic rings. The van der Waals surface area contributed by atoms with Crippen LogP contribution in [0.4, 0.5) is 0 Å². The number of benzene rings is 1. The quantitative estimate of drug-likeness (QED) is 0.748. The first-order chi connectivity index (χ1) is 7.27. The van der Waals surface area contributed by atoms with Crippen molar-refractivity contribution in [3.8, 4) is 0 Å². The molecule has 0 fully saturated rings. The van der Waals surface area contributed by atoms with Crippen LogP contribution in [0.15, 0.2) is 24.3 Å². The molecule has 0 aromatic heterocycles. The molecule has 2 N–H and O–H groups in total. The zero-order valence-electron chi connectivity index (χ0n) is 9.66. The molecule has 0 aliphatic rings. The van der Waals surface area contributed by atoms with Gasteiger partial charge in [-0.15, -0.1) is 0 Å². The Hall–Kier alpha value is -0.860. The number of nitrogens with one attached hydrogen (secondary N) is 1. The van der Waals surface area contributed by atoms with Crippen molar-refractivity contribution in [3.63, 3.8) is 0 Å². The van der Waals surface area contributed by atoms with Gasteiger partial charge in [-0.05, 0) is 44.8 Å². The van der Waals surface area contributed by atoms with Gasteiger partial charge in [-0.25, -0.2) is 0 Å². The number of aliphatic hydroxyl groups is 1. The summed E-state index contributed by atoms with van der Waals surface area (Å²) < 4.78 is 0. The lowest BCUT2D eigenvalue weighted by atomic mass is 9.92. The van der Waals surface area contributed by atoms with Gasteiger partial charge in [0, 0.05) is 6.61 Å².